The lowest BCUT2D eigenvalue weighted by Gasteiger charge is -2.18. The van der Waals surface area contributed by atoms with Gasteiger partial charge in [0.05, 0.1) is 13.1 Å². The molecule has 5 nitrogen and oxygen atoms in total. The summed E-state index contributed by atoms with van der Waals surface area (Å²) in [5.74, 6) is -1.47. The highest BCUT2D eigenvalue weighted by atomic mass is 16.4. The Bertz CT molecular complexity index is 437. The zero-order valence-corrected chi connectivity index (χ0v) is 11.9. The van der Waals surface area contributed by atoms with Crippen molar-refractivity contribution in [3.63, 3.8) is 0 Å². The number of nitrogens with zero attached hydrogens (tertiary/aromatic N) is 1. The molecule has 20 heavy (non-hydrogen) atoms. The molecule has 0 heterocycles. The number of carboxylic acid groups (broad SMARTS) is 2. The first kappa shape index (κ1) is 16.2. The molecule has 0 saturated carbocycles. The van der Waals surface area contributed by atoms with E-state index in [1.165, 1.54) is 10.5 Å². The van der Waals surface area contributed by atoms with Crippen molar-refractivity contribution < 1.29 is 19.8 Å². The van der Waals surface area contributed by atoms with Gasteiger partial charge in [-0.25, -0.2) is 0 Å². The summed E-state index contributed by atoms with van der Waals surface area (Å²) in [5.41, 5.74) is 2.15. The zero-order chi connectivity index (χ0) is 15.1. The Labute approximate surface area is 118 Å². The van der Waals surface area contributed by atoms with Crippen LogP contribution in [0.25, 0.3) is 0 Å². The second-order valence-electron chi connectivity index (χ2n) is 5.35. The van der Waals surface area contributed by atoms with E-state index in [9.17, 15) is 9.59 Å². The maximum atomic E-state index is 10.7. The lowest BCUT2D eigenvalue weighted by atomic mass is 10.0. The first-order valence-electron chi connectivity index (χ1n) is 6.60. The molecule has 0 fully saturated rings. The van der Waals surface area contributed by atoms with Crippen molar-refractivity contribution >= 4 is 11.9 Å². The van der Waals surface area contributed by atoms with Gasteiger partial charge in [0.2, 0.25) is 0 Å². The molecular formula is C15H21NO4. The monoisotopic (exact) mass is 279 g/mol. The molecule has 110 valence electrons. The van der Waals surface area contributed by atoms with E-state index >= 15 is 0 Å². The molecule has 0 spiro atoms. The normalized spacial score (nSPS) is 11.0. The van der Waals surface area contributed by atoms with Gasteiger partial charge in [0.15, 0.2) is 0 Å². The van der Waals surface area contributed by atoms with E-state index in [1.54, 1.807) is 0 Å². The Morgan fingerprint density at radius 2 is 1.45 bits per heavy atom. The van der Waals surface area contributed by atoms with Crippen LogP contribution >= 0.6 is 0 Å². The maximum absolute atomic E-state index is 10.7. The van der Waals surface area contributed by atoms with Crippen molar-refractivity contribution in [1.82, 2.24) is 4.90 Å². The van der Waals surface area contributed by atoms with E-state index in [0.29, 0.717) is 12.5 Å². The topological polar surface area (TPSA) is 77.8 Å². The summed E-state index contributed by atoms with van der Waals surface area (Å²) in [4.78, 5) is 22.8. The maximum Gasteiger partial charge on any atom is 0.317 e. The lowest BCUT2D eigenvalue weighted by Crippen LogP contribution is -2.33. The number of rotatable bonds is 8. The fraction of sp³-hybridized carbons (Fsp3) is 0.467. The molecule has 0 saturated heterocycles. The average Bonchev–Trinajstić information content (AvgIpc) is 2.29. The van der Waals surface area contributed by atoms with Crippen LogP contribution in [0.2, 0.25) is 0 Å². The standard InChI is InChI=1S/C15H21NO4/c1-11(2)7-12-3-5-13(6-4-12)8-16(9-14(17)18)10-15(19)20/h3-6,11H,7-10H2,1-2H3,(H,17,18)(H,19,20). The predicted molar refractivity (Wildman–Crippen MR) is 75.5 cm³/mol. The fourth-order valence-electron chi connectivity index (χ4n) is 2.06. The highest BCUT2D eigenvalue weighted by Crippen LogP contribution is 2.11. The van der Waals surface area contributed by atoms with Crippen molar-refractivity contribution in [3.8, 4) is 0 Å². The van der Waals surface area contributed by atoms with Crippen molar-refractivity contribution in [2.45, 2.75) is 26.8 Å². The van der Waals surface area contributed by atoms with Gasteiger partial charge in [0, 0.05) is 6.54 Å². The molecule has 0 aliphatic carbocycles. The highest BCUT2D eigenvalue weighted by Gasteiger charge is 2.13. The molecule has 2 N–H and O–H groups in total. The van der Waals surface area contributed by atoms with Gasteiger partial charge in [0.25, 0.3) is 0 Å². The van der Waals surface area contributed by atoms with E-state index in [0.717, 1.165) is 12.0 Å². The van der Waals surface area contributed by atoms with E-state index in [4.69, 9.17) is 10.2 Å². The van der Waals surface area contributed by atoms with Gasteiger partial charge >= 0.3 is 11.9 Å². The van der Waals surface area contributed by atoms with Crippen molar-refractivity contribution in [1.29, 1.82) is 0 Å². The average molecular weight is 279 g/mol. The molecule has 0 aliphatic heterocycles. The largest absolute Gasteiger partial charge is 0.480 e. The lowest BCUT2D eigenvalue weighted by molar-refractivity contribution is -0.142. The predicted octanol–water partition coefficient (Wildman–Crippen LogP) is 1.86. The van der Waals surface area contributed by atoms with Crippen molar-refractivity contribution in [2.24, 2.45) is 5.92 Å². The SMILES string of the molecule is CC(C)Cc1ccc(CN(CC(=O)O)CC(=O)O)cc1. The minimum atomic E-state index is -1.03. The molecule has 0 aliphatic rings. The van der Waals surface area contributed by atoms with Gasteiger partial charge < -0.3 is 10.2 Å². The molecule has 0 atom stereocenters. The van der Waals surface area contributed by atoms with Crippen LogP contribution in [0.15, 0.2) is 24.3 Å². The van der Waals surface area contributed by atoms with Gasteiger partial charge in [0.1, 0.15) is 0 Å². The third-order valence-corrected chi connectivity index (χ3v) is 2.79. The zero-order valence-electron chi connectivity index (χ0n) is 11.9. The Morgan fingerprint density at radius 3 is 1.85 bits per heavy atom. The summed E-state index contributed by atoms with van der Waals surface area (Å²) in [5, 5.41) is 17.6. The molecule has 0 aromatic heterocycles. The van der Waals surface area contributed by atoms with Crippen LogP contribution in [-0.4, -0.2) is 40.1 Å². The summed E-state index contributed by atoms with van der Waals surface area (Å²) in [6.45, 7) is 4.06. The fourth-order valence-corrected chi connectivity index (χ4v) is 2.06. The number of carbonyl (C=O) groups is 2. The molecule has 0 radical (unpaired) electrons. The van der Waals surface area contributed by atoms with Crippen LogP contribution in [0.1, 0.15) is 25.0 Å². The second-order valence-corrected chi connectivity index (χ2v) is 5.35. The number of hydrogen-bond donors (Lipinski definition) is 2. The third-order valence-electron chi connectivity index (χ3n) is 2.79. The molecule has 1 rings (SSSR count). The van der Waals surface area contributed by atoms with Gasteiger partial charge in [-0.05, 0) is 23.5 Å². The molecule has 1 aromatic rings. The van der Waals surface area contributed by atoms with Crippen LogP contribution in [0.4, 0.5) is 0 Å². The van der Waals surface area contributed by atoms with Crippen LogP contribution < -0.4 is 0 Å². The van der Waals surface area contributed by atoms with Crippen molar-refractivity contribution in [2.75, 3.05) is 13.1 Å². The van der Waals surface area contributed by atoms with Gasteiger partial charge in [-0.15, -0.1) is 0 Å². The molecule has 0 unspecified atom stereocenters. The number of benzene rings is 1. The third kappa shape index (κ3) is 6.33. The summed E-state index contributed by atoms with van der Waals surface area (Å²) in [6, 6.07) is 7.87. The van der Waals surface area contributed by atoms with Crippen LogP contribution in [0.3, 0.4) is 0 Å². The first-order chi connectivity index (χ1) is 9.36. The smallest absolute Gasteiger partial charge is 0.317 e. The van der Waals surface area contributed by atoms with E-state index < -0.39 is 11.9 Å². The highest BCUT2D eigenvalue weighted by molar-refractivity contribution is 5.72. The number of carboxylic acids is 2. The van der Waals surface area contributed by atoms with E-state index in [-0.39, 0.29) is 13.1 Å². The summed E-state index contributed by atoms with van der Waals surface area (Å²) < 4.78 is 0. The van der Waals surface area contributed by atoms with E-state index in [1.807, 2.05) is 24.3 Å². The number of aliphatic carboxylic acids is 2. The van der Waals surface area contributed by atoms with Gasteiger partial charge in [-0.2, -0.15) is 0 Å². The number of hydrogen-bond acceptors (Lipinski definition) is 3. The van der Waals surface area contributed by atoms with Crippen LogP contribution in [-0.2, 0) is 22.6 Å². The Balaban J connectivity index is 2.67. The summed E-state index contributed by atoms with van der Waals surface area (Å²) in [6.07, 6.45) is 0.994. The quantitative estimate of drug-likeness (QED) is 0.759. The second kappa shape index (κ2) is 7.65. The van der Waals surface area contributed by atoms with Crippen molar-refractivity contribution in [3.05, 3.63) is 35.4 Å². The first-order valence-corrected chi connectivity index (χ1v) is 6.60. The summed E-state index contributed by atoms with van der Waals surface area (Å²) >= 11 is 0. The Morgan fingerprint density at radius 1 is 1.00 bits per heavy atom. The van der Waals surface area contributed by atoms with Crippen LogP contribution in [0.5, 0.6) is 0 Å². The van der Waals surface area contributed by atoms with Gasteiger partial charge in [-0.1, -0.05) is 38.1 Å². The minimum Gasteiger partial charge on any atom is -0.480 e. The van der Waals surface area contributed by atoms with Gasteiger partial charge in [-0.3, -0.25) is 14.5 Å². The molecule has 5 heteroatoms. The summed E-state index contributed by atoms with van der Waals surface area (Å²) in [7, 11) is 0. The Kier molecular flexibility index (Phi) is 6.18. The molecular weight excluding hydrogens is 258 g/mol. The molecule has 0 bridgehead atoms. The molecule has 1 aromatic carbocycles. The minimum absolute atomic E-state index is 0.278. The molecule has 0 amide bonds. The Hall–Kier alpha value is -1.88. The van der Waals surface area contributed by atoms with Crippen LogP contribution in [0, 0.1) is 5.92 Å². The van der Waals surface area contributed by atoms with E-state index in [2.05, 4.69) is 13.8 Å².